The highest BCUT2D eigenvalue weighted by Gasteiger charge is 2.06. The lowest BCUT2D eigenvalue weighted by Gasteiger charge is -2.10. The molecule has 27 heavy (non-hydrogen) atoms. The van der Waals surface area contributed by atoms with Crippen LogP contribution in [0.4, 0.5) is 0 Å². The molecule has 4 heterocycles. The number of halogens is 1. The molecular weight excluding hydrogens is 362 g/mol. The third kappa shape index (κ3) is 5.40. The summed E-state index contributed by atoms with van der Waals surface area (Å²) in [4.78, 5) is 23.7. The van der Waals surface area contributed by atoms with E-state index >= 15 is 0 Å². The minimum absolute atomic E-state index is 0. The Balaban J connectivity index is 0.000000194. The fraction of sp³-hybridized carbons (Fsp3) is 0.200. The molecule has 6 nitrogen and oxygen atoms in total. The maximum absolute atomic E-state index is 11.1. The van der Waals surface area contributed by atoms with Gasteiger partial charge in [0.2, 0.25) is 0 Å². The summed E-state index contributed by atoms with van der Waals surface area (Å²) in [5.41, 5.74) is 1.49. The van der Waals surface area contributed by atoms with Crippen molar-refractivity contribution in [3.63, 3.8) is 0 Å². The van der Waals surface area contributed by atoms with Gasteiger partial charge in [0.25, 0.3) is 5.56 Å². The predicted molar refractivity (Wildman–Crippen MR) is 108 cm³/mol. The maximum Gasteiger partial charge on any atom is 0.257 e. The molecular formula is C20H20ClN5O. The summed E-state index contributed by atoms with van der Waals surface area (Å²) in [7, 11) is 0. The SMILES string of the molecule is Cl.N#Cc1cnccc1C=CN1CCCC1.O=c1[nH]ccc2ccncc12. The molecule has 0 radical (unpaired) electrons. The van der Waals surface area contributed by atoms with Gasteiger partial charge in [0.05, 0.1) is 10.9 Å². The zero-order valence-corrected chi connectivity index (χ0v) is 15.5. The molecule has 138 valence electrons. The van der Waals surface area contributed by atoms with Crippen LogP contribution in [0.1, 0.15) is 24.0 Å². The molecule has 1 N–H and O–H groups in total. The quantitative estimate of drug-likeness (QED) is 0.735. The summed E-state index contributed by atoms with van der Waals surface area (Å²) in [5.74, 6) is 0. The lowest BCUT2D eigenvalue weighted by molar-refractivity contribution is 0.471. The standard InChI is InChI=1S/C12H13N3.C8H6N2O.ClH/c13-9-12-10-14-5-3-11(12)4-8-15-6-1-2-7-15;11-8-7-5-9-3-1-6(7)2-4-10-8;/h3-5,8,10H,1-2,6-7H2;1-5H,(H,10,11);1H. The van der Waals surface area contributed by atoms with E-state index in [-0.39, 0.29) is 18.0 Å². The van der Waals surface area contributed by atoms with Crippen molar-refractivity contribution in [3.8, 4) is 6.07 Å². The van der Waals surface area contributed by atoms with Crippen molar-refractivity contribution >= 4 is 29.3 Å². The normalized spacial score (nSPS) is 12.9. The monoisotopic (exact) mass is 381 g/mol. The molecule has 0 atom stereocenters. The Labute approximate surface area is 163 Å². The number of H-pyrrole nitrogens is 1. The third-order valence-electron chi connectivity index (χ3n) is 4.16. The van der Waals surface area contributed by atoms with Gasteiger partial charge in [0.15, 0.2) is 0 Å². The molecule has 0 saturated carbocycles. The molecule has 0 aromatic carbocycles. The van der Waals surface area contributed by atoms with E-state index in [9.17, 15) is 4.79 Å². The number of fused-ring (bicyclic) bond motifs is 1. The molecule has 3 aromatic heterocycles. The molecule has 0 bridgehead atoms. The van der Waals surface area contributed by atoms with Gasteiger partial charge in [-0.1, -0.05) is 0 Å². The number of pyridine rings is 3. The molecule has 1 aliphatic heterocycles. The van der Waals surface area contributed by atoms with Crippen LogP contribution in [-0.4, -0.2) is 32.9 Å². The highest BCUT2D eigenvalue weighted by atomic mass is 35.5. The lowest BCUT2D eigenvalue weighted by atomic mass is 10.1. The lowest BCUT2D eigenvalue weighted by Crippen LogP contribution is -2.10. The van der Waals surface area contributed by atoms with E-state index in [2.05, 4.69) is 32.1 Å². The van der Waals surface area contributed by atoms with Crippen molar-refractivity contribution in [1.82, 2.24) is 19.9 Å². The number of hydrogen-bond acceptors (Lipinski definition) is 5. The van der Waals surface area contributed by atoms with Crippen LogP contribution in [-0.2, 0) is 0 Å². The van der Waals surface area contributed by atoms with Gasteiger partial charge < -0.3 is 9.88 Å². The van der Waals surface area contributed by atoms with Gasteiger partial charge in [-0.2, -0.15) is 5.26 Å². The molecule has 0 spiro atoms. The van der Waals surface area contributed by atoms with Gasteiger partial charge in [-0.25, -0.2) is 0 Å². The topological polar surface area (TPSA) is 85.7 Å². The first-order valence-electron chi connectivity index (χ1n) is 8.46. The van der Waals surface area contributed by atoms with Crippen LogP contribution >= 0.6 is 12.4 Å². The number of aromatic amines is 1. The molecule has 0 aliphatic carbocycles. The van der Waals surface area contributed by atoms with Crippen LogP contribution in [0.2, 0.25) is 0 Å². The van der Waals surface area contributed by atoms with Crippen molar-refractivity contribution in [2.45, 2.75) is 12.8 Å². The number of rotatable bonds is 2. The van der Waals surface area contributed by atoms with Gasteiger partial charge in [-0.05, 0) is 54.3 Å². The second kappa shape index (κ2) is 10.1. The van der Waals surface area contributed by atoms with Crippen LogP contribution in [0.5, 0.6) is 0 Å². The molecule has 7 heteroatoms. The van der Waals surface area contributed by atoms with Crippen LogP contribution < -0.4 is 5.56 Å². The van der Waals surface area contributed by atoms with Crippen molar-refractivity contribution in [3.05, 3.63) is 76.9 Å². The number of nitrogens with one attached hydrogen (secondary N) is 1. The summed E-state index contributed by atoms with van der Waals surface area (Å²) in [6.45, 7) is 2.26. The fourth-order valence-electron chi connectivity index (χ4n) is 2.75. The van der Waals surface area contributed by atoms with Gasteiger partial charge in [0.1, 0.15) is 6.07 Å². The first-order chi connectivity index (χ1) is 12.8. The predicted octanol–water partition coefficient (Wildman–Crippen LogP) is 3.36. The molecule has 1 saturated heterocycles. The summed E-state index contributed by atoms with van der Waals surface area (Å²) >= 11 is 0. The van der Waals surface area contributed by atoms with E-state index in [1.54, 1.807) is 31.0 Å². The smallest absolute Gasteiger partial charge is 0.257 e. The Hall–Kier alpha value is -3.17. The molecule has 0 amide bonds. The average molecular weight is 382 g/mol. The number of nitrogens with zero attached hydrogens (tertiary/aromatic N) is 4. The number of nitriles is 1. The first-order valence-corrected chi connectivity index (χ1v) is 8.46. The number of likely N-dealkylation sites (tertiary alicyclic amines) is 1. The average Bonchev–Trinajstić information content (AvgIpc) is 3.21. The van der Waals surface area contributed by atoms with Crippen LogP contribution in [0.25, 0.3) is 16.8 Å². The van der Waals surface area contributed by atoms with Crippen molar-refractivity contribution < 1.29 is 0 Å². The molecule has 1 aliphatic rings. The van der Waals surface area contributed by atoms with E-state index < -0.39 is 0 Å². The Morgan fingerprint density at radius 1 is 1.11 bits per heavy atom. The largest absolute Gasteiger partial charge is 0.377 e. The van der Waals surface area contributed by atoms with Crippen molar-refractivity contribution in [2.24, 2.45) is 0 Å². The van der Waals surface area contributed by atoms with Gasteiger partial charge >= 0.3 is 0 Å². The second-order valence-corrected chi connectivity index (χ2v) is 5.90. The highest BCUT2D eigenvalue weighted by molar-refractivity contribution is 5.85. The summed E-state index contributed by atoms with van der Waals surface area (Å²) in [6, 6.07) is 7.66. The third-order valence-corrected chi connectivity index (χ3v) is 4.16. The van der Waals surface area contributed by atoms with E-state index in [0.717, 1.165) is 24.0 Å². The summed E-state index contributed by atoms with van der Waals surface area (Å²) < 4.78 is 0. The minimum Gasteiger partial charge on any atom is -0.377 e. The molecule has 4 rings (SSSR count). The zero-order valence-electron chi connectivity index (χ0n) is 14.7. The van der Waals surface area contributed by atoms with Crippen molar-refractivity contribution in [2.75, 3.05) is 13.1 Å². The molecule has 1 fully saturated rings. The van der Waals surface area contributed by atoms with Crippen LogP contribution in [0.3, 0.4) is 0 Å². The maximum atomic E-state index is 11.1. The summed E-state index contributed by atoms with van der Waals surface area (Å²) in [5, 5.41) is 10.4. The Morgan fingerprint density at radius 3 is 2.59 bits per heavy atom. The van der Waals surface area contributed by atoms with E-state index in [1.165, 1.54) is 12.8 Å². The molecule has 0 unspecified atom stereocenters. The van der Waals surface area contributed by atoms with E-state index in [4.69, 9.17) is 5.26 Å². The fourth-order valence-corrected chi connectivity index (χ4v) is 2.75. The first kappa shape index (κ1) is 20.1. The highest BCUT2D eigenvalue weighted by Crippen LogP contribution is 2.12. The number of hydrogen-bond donors (Lipinski definition) is 1. The van der Waals surface area contributed by atoms with Crippen molar-refractivity contribution in [1.29, 1.82) is 5.26 Å². The Bertz CT molecular complexity index is 997. The second-order valence-electron chi connectivity index (χ2n) is 5.90. The van der Waals surface area contributed by atoms with Crippen LogP contribution in [0, 0.1) is 11.3 Å². The van der Waals surface area contributed by atoms with Gasteiger partial charge in [0, 0.05) is 44.1 Å². The Kier molecular flexibility index (Phi) is 7.53. The van der Waals surface area contributed by atoms with Crippen LogP contribution in [0.15, 0.2) is 60.2 Å². The summed E-state index contributed by atoms with van der Waals surface area (Å²) in [6.07, 6.45) is 14.8. The van der Waals surface area contributed by atoms with Gasteiger partial charge in [-0.15, -0.1) is 12.4 Å². The molecule has 3 aromatic rings. The zero-order chi connectivity index (χ0) is 18.2. The van der Waals surface area contributed by atoms with Gasteiger partial charge in [-0.3, -0.25) is 14.8 Å². The van der Waals surface area contributed by atoms with E-state index in [1.807, 2.05) is 24.3 Å². The van der Waals surface area contributed by atoms with E-state index in [0.29, 0.717) is 10.9 Å². The Morgan fingerprint density at radius 2 is 1.85 bits per heavy atom. The minimum atomic E-state index is -0.0874. The number of aromatic nitrogens is 3.